The summed E-state index contributed by atoms with van der Waals surface area (Å²) in [6.45, 7) is 3.70. The monoisotopic (exact) mass is 452 g/mol. The van der Waals surface area contributed by atoms with Crippen LogP contribution in [0, 0.1) is 0 Å². The predicted octanol–water partition coefficient (Wildman–Crippen LogP) is 1.57. The number of sulfonamides is 1. The van der Waals surface area contributed by atoms with Crippen molar-refractivity contribution in [1.29, 1.82) is 0 Å². The molecule has 0 aromatic heterocycles. The van der Waals surface area contributed by atoms with Crippen LogP contribution < -0.4 is 10.6 Å². The molecule has 1 aromatic carbocycles. The number of halogens is 1. The Balaban J connectivity index is 0.00000264. The summed E-state index contributed by atoms with van der Waals surface area (Å²) in [7, 11) is -1.32. The molecule has 6 nitrogen and oxygen atoms in total. The smallest absolute Gasteiger partial charge is 0.214 e. The second-order valence-electron chi connectivity index (χ2n) is 5.34. The van der Waals surface area contributed by atoms with Crippen LogP contribution in [0.15, 0.2) is 35.3 Å². The van der Waals surface area contributed by atoms with Crippen LogP contribution in [0.1, 0.15) is 24.9 Å². The minimum absolute atomic E-state index is 0. The van der Waals surface area contributed by atoms with E-state index < -0.39 is 10.0 Å². The molecule has 0 amide bonds. The first-order valence-electron chi connectivity index (χ1n) is 7.53. The number of aliphatic imine (C=N–C) groups is 1. The first-order valence-corrected chi connectivity index (χ1v) is 9.14. The Morgan fingerprint density at radius 3 is 2.61 bits per heavy atom. The van der Waals surface area contributed by atoms with Gasteiger partial charge in [-0.05, 0) is 18.9 Å². The highest BCUT2D eigenvalue weighted by Gasteiger charge is 2.27. The molecule has 0 spiro atoms. The molecule has 1 aromatic rings. The van der Waals surface area contributed by atoms with E-state index in [1.165, 1.54) is 9.87 Å². The molecular formula is C15H25IN4O2S. The molecule has 0 aliphatic carbocycles. The third-order valence-electron chi connectivity index (χ3n) is 3.73. The van der Waals surface area contributed by atoms with Gasteiger partial charge in [-0.2, -0.15) is 0 Å². The molecule has 0 bridgehead atoms. The lowest BCUT2D eigenvalue weighted by molar-refractivity contribution is 0.444. The van der Waals surface area contributed by atoms with Crippen molar-refractivity contribution < 1.29 is 8.42 Å². The summed E-state index contributed by atoms with van der Waals surface area (Å²) in [5.74, 6) is 0.943. The summed E-state index contributed by atoms with van der Waals surface area (Å²) in [4.78, 5) is 4.18. The van der Waals surface area contributed by atoms with E-state index in [9.17, 15) is 8.42 Å². The molecule has 1 heterocycles. The normalized spacial score (nSPS) is 19.0. The molecular weight excluding hydrogens is 427 g/mol. The van der Waals surface area contributed by atoms with Crippen LogP contribution in [0.4, 0.5) is 0 Å². The van der Waals surface area contributed by atoms with E-state index in [0.717, 1.165) is 6.42 Å². The highest BCUT2D eigenvalue weighted by atomic mass is 127. The number of hydrogen-bond acceptors (Lipinski definition) is 3. The standard InChI is InChI=1S/C15H24N4O2S.HI/c1-13(14-7-4-3-5-8-14)18-15(16-2)17-9-11-19-10-6-12-22(19,20)21;/h3-5,7-8,13H,6,9-12H2,1-2H3,(H2,16,17,18);1H. The summed E-state index contributed by atoms with van der Waals surface area (Å²) in [5.41, 5.74) is 1.17. The van der Waals surface area contributed by atoms with Gasteiger partial charge in [0.1, 0.15) is 0 Å². The van der Waals surface area contributed by atoms with E-state index in [-0.39, 0.29) is 35.8 Å². The predicted molar refractivity (Wildman–Crippen MR) is 105 cm³/mol. The van der Waals surface area contributed by atoms with Gasteiger partial charge in [-0.1, -0.05) is 30.3 Å². The summed E-state index contributed by atoms with van der Waals surface area (Å²) in [6, 6.07) is 10.2. The van der Waals surface area contributed by atoms with Gasteiger partial charge in [0.25, 0.3) is 0 Å². The number of guanidine groups is 1. The van der Waals surface area contributed by atoms with Gasteiger partial charge in [-0.15, -0.1) is 24.0 Å². The maximum absolute atomic E-state index is 11.7. The SMILES string of the molecule is CN=C(NCCN1CCCS1(=O)=O)NC(C)c1ccccc1.I. The Labute approximate surface area is 155 Å². The molecule has 1 fully saturated rings. The quantitative estimate of drug-likeness (QED) is 0.404. The topological polar surface area (TPSA) is 73.8 Å². The molecule has 0 saturated carbocycles. The molecule has 23 heavy (non-hydrogen) atoms. The first kappa shape index (κ1) is 20.2. The van der Waals surface area contributed by atoms with Crippen LogP contribution in [0.3, 0.4) is 0 Å². The highest BCUT2D eigenvalue weighted by molar-refractivity contribution is 14.0. The second kappa shape index (κ2) is 9.43. The lowest BCUT2D eigenvalue weighted by atomic mass is 10.1. The molecule has 0 radical (unpaired) electrons. The Kier molecular flexibility index (Phi) is 8.27. The van der Waals surface area contributed by atoms with E-state index in [1.807, 2.05) is 18.2 Å². The lowest BCUT2D eigenvalue weighted by Crippen LogP contribution is -2.42. The Morgan fingerprint density at radius 2 is 2.04 bits per heavy atom. The summed E-state index contributed by atoms with van der Waals surface area (Å²) in [5, 5.41) is 6.47. The van der Waals surface area contributed by atoms with E-state index >= 15 is 0 Å². The molecule has 2 N–H and O–H groups in total. The van der Waals surface area contributed by atoms with Crippen LogP contribution >= 0.6 is 24.0 Å². The van der Waals surface area contributed by atoms with Gasteiger partial charge in [0.15, 0.2) is 5.96 Å². The van der Waals surface area contributed by atoms with Gasteiger partial charge >= 0.3 is 0 Å². The van der Waals surface area contributed by atoms with Crippen LogP contribution in [0.25, 0.3) is 0 Å². The highest BCUT2D eigenvalue weighted by Crippen LogP contribution is 2.12. The fourth-order valence-electron chi connectivity index (χ4n) is 2.47. The van der Waals surface area contributed by atoms with E-state index in [4.69, 9.17) is 0 Å². The van der Waals surface area contributed by atoms with Gasteiger partial charge in [-0.25, -0.2) is 12.7 Å². The minimum Gasteiger partial charge on any atom is -0.355 e. The molecule has 1 aliphatic heterocycles. The third-order valence-corrected chi connectivity index (χ3v) is 5.69. The zero-order chi connectivity index (χ0) is 16.0. The lowest BCUT2D eigenvalue weighted by Gasteiger charge is -2.20. The average molecular weight is 452 g/mol. The number of hydrogen-bond donors (Lipinski definition) is 2. The van der Waals surface area contributed by atoms with E-state index in [1.54, 1.807) is 7.05 Å². The van der Waals surface area contributed by atoms with Gasteiger partial charge in [0, 0.05) is 26.7 Å². The van der Waals surface area contributed by atoms with Crippen LogP contribution in [-0.2, 0) is 10.0 Å². The fraction of sp³-hybridized carbons (Fsp3) is 0.533. The van der Waals surface area contributed by atoms with E-state index in [0.29, 0.717) is 25.6 Å². The van der Waals surface area contributed by atoms with Crippen LogP contribution in [0.5, 0.6) is 0 Å². The van der Waals surface area contributed by atoms with Crippen LogP contribution in [-0.4, -0.2) is 51.1 Å². The Morgan fingerprint density at radius 1 is 1.35 bits per heavy atom. The number of nitrogens with zero attached hydrogens (tertiary/aromatic N) is 2. The zero-order valence-corrected chi connectivity index (χ0v) is 16.7. The molecule has 2 rings (SSSR count). The molecule has 130 valence electrons. The maximum Gasteiger partial charge on any atom is 0.214 e. The summed E-state index contributed by atoms with van der Waals surface area (Å²) in [6.07, 6.45) is 0.723. The Hall–Kier alpha value is -0.870. The average Bonchev–Trinajstić information content (AvgIpc) is 2.85. The first-order chi connectivity index (χ1) is 10.5. The van der Waals surface area contributed by atoms with Gasteiger partial charge in [0.05, 0.1) is 11.8 Å². The van der Waals surface area contributed by atoms with Gasteiger partial charge in [-0.3, -0.25) is 4.99 Å². The largest absolute Gasteiger partial charge is 0.355 e. The Bertz CT molecular complexity index is 607. The zero-order valence-electron chi connectivity index (χ0n) is 13.5. The summed E-state index contributed by atoms with van der Waals surface area (Å²) < 4.78 is 25.0. The number of nitrogens with one attached hydrogen (secondary N) is 2. The van der Waals surface area contributed by atoms with Crippen molar-refractivity contribution in [2.75, 3.05) is 32.4 Å². The second-order valence-corrected chi connectivity index (χ2v) is 7.43. The summed E-state index contributed by atoms with van der Waals surface area (Å²) >= 11 is 0. The van der Waals surface area contributed by atoms with Gasteiger partial charge < -0.3 is 10.6 Å². The fourth-order valence-corrected chi connectivity index (χ4v) is 3.99. The molecule has 1 unspecified atom stereocenters. The van der Waals surface area contributed by atoms with Crippen molar-refractivity contribution >= 4 is 40.0 Å². The van der Waals surface area contributed by atoms with Crippen LogP contribution in [0.2, 0.25) is 0 Å². The van der Waals surface area contributed by atoms with Crippen molar-refractivity contribution in [3.63, 3.8) is 0 Å². The van der Waals surface area contributed by atoms with Crippen molar-refractivity contribution in [3.05, 3.63) is 35.9 Å². The molecule has 1 aliphatic rings. The van der Waals surface area contributed by atoms with Crippen molar-refractivity contribution in [1.82, 2.24) is 14.9 Å². The van der Waals surface area contributed by atoms with Crippen molar-refractivity contribution in [2.45, 2.75) is 19.4 Å². The number of rotatable bonds is 5. The maximum atomic E-state index is 11.7. The molecule has 1 atom stereocenters. The molecule has 8 heteroatoms. The molecule has 1 saturated heterocycles. The number of benzene rings is 1. The third kappa shape index (κ3) is 5.92. The van der Waals surface area contributed by atoms with Crippen molar-refractivity contribution in [3.8, 4) is 0 Å². The van der Waals surface area contributed by atoms with Crippen molar-refractivity contribution in [2.24, 2.45) is 4.99 Å². The van der Waals surface area contributed by atoms with E-state index in [2.05, 4.69) is 34.7 Å². The minimum atomic E-state index is -3.02. The van der Waals surface area contributed by atoms with Gasteiger partial charge in [0.2, 0.25) is 10.0 Å².